The zero-order chi connectivity index (χ0) is 34.9. The molecule has 4 aliphatic rings. The van der Waals surface area contributed by atoms with E-state index in [0.29, 0.717) is 11.4 Å². The van der Waals surface area contributed by atoms with Crippen molar-refractivity contribution in [3.05, 3.63) is 98.5 Å². The molecule has 1 aromatic heterocycles. The van der Waals surface area contributed by atoms with Crippen LogP contribution in [0.5, 0.6) is 11.5 Å². The second-order valence-corrected chi connectivity index (χ2v) is 15.1. The van der Waals surface area contributed by atoms with Crippen LogP contribution in [0.4, 0.5) is 24.5 Å². The molecule has 7 atom stereocenters. The Hall–Kier alpha value is -4.56. The number of aromatic amines is 1. The van der Waals surface area contributed by atoms with E-state index < -0.39 is 36.1 Å². The van der Waals surface area contributed by atoms with Gasteiger partial charge in [-0.25, -0.2) is 0 Å². The summed E-state index contributed by atoms with van der Waals surface area (Å²) in [4.78, 5) is 58.2. The number of anilines is 2. The first-order valence-corrected chi connectivity index (χ1v) is 17.9. The Morgan fingerprint density at radius 3 is 2.44 bits per heavy atom. The molecule has 4 unspecified atom stereocenters. The van der Waals surface area contributed by atoms with Gasteiger partial charge in [-0.1, -0.05) is 41.7 Å². The van der Waals surface area contributed by atoms with Crippen LogP contribution in [0.15, 0.2) is 82.6 Å². The Kier molecular flexibility index (Phi) is 8.05. The molecular formula is C36H30F3N3O6S2. The summed E-state index contributed by atoms with van der Waals surface area (Å²) in [5.41, 5.74) is 0.532. The van der Waals surface area contributed by atoms with Crippen molar-refractivity contribution in [2.45, 2.75) is 35.7 Å². The fourth-order valence-corrected chi connectivity index (χ4v) is 11.3. The van der Waals surface area contributed by atoms with E-state index in [0.717, 1.165) is 45.4 Å². The Balaban J connectivity index is 1.07. The van der Waals surface area contributed by atoms with Gasteiger partial charge in [0.1, 0.15) is 0 Å². The molecule has 50 heavy (non-hydrogen) atoms. The van der Waals surface area contributed by atoms with Gasteiger partial charge in [-0.15, -0.1) is 11.8 Å². The van der Waals surface area contributed by atoms with E-state index in [1.807, 2.05) is 30.3 Å². The molecule has 1 saturated heterocycles. The first-order valence-electron chi connectivity index (χ1n) is 16.2. The number of thiazole rings is 1. The summed E-state index contributed by atoms with van der Waals surface area (Å²) >= 11 is 2.75. The number of imide groups is 1. The molecule has 3 amide bonds. The lowest BCUT2D eigenvalue weighted by atomic mass is 9.68. The number of ether oxygens (including phenoxy) is 2. The van der Waals surface area contributed by atoms with Gasteiger partial charge in [-0.3, -0.25) is 24.1 Å². The maximum absolute atomic E-state index is 14.0. The highest BCUT2D eigenvalue weighted by Gasteiger charge is 2.69. The van der Waals surface area contributed by atoms with Gasteiger partial charge in [0.25, 0.3) is 5.91 Å². The number of alkyl halides is 3. The Morgan fingerprint density at radius 2 is 1.70 bits per heavy atom. The van der Waals surface area contributed by atoms with Gasteiger partial charge < -0.3 is 19.8 Å². The fraction of sp³-hybridized carbons (Fsp3) is 0.333. The predicted molar refractivity (Wildman–Crippen MR) is 181 cm³/mol. The number of H-pyrrole nitrogens is 1. The van der Waals surface area contributed by atoms with Crippen LogP contribution in [0.1, 0.15) is 35.3 Å². The number of fused-ring (bicyclic) bond motifs is 9. The molecule has 3 fully saturated rings. The normalized spacial score (nSPS) is 26.4. The second kappa shape index (κ2) is 12.3. The Bertz CT molecular complexity index is 2070. The van der Waals surface area contributed by atoms with Crippen LogP contribution in [0.25, 0.3) is 0 Å². The van der Waals surface area contributed by atoms with Crippen molar-refractivity contribution in [3.63, 3.8) is 0 Å². The molecule has 8 rings (SSSR count). The number of benzene rings is 3. The van der Waals surface area contributed by atoms with Crippen LogP contribution in [0, 0.1) is 29.6 Å². The first kappa shape index (κ1) is 32.6. The smallest absolute Gasteiger partial charge is 0.416 e. The monoisotopic (exact) mass is 721 g/mol. The topological polar surface area (TPSA) is 118 Å². The van der Waals surface area contributed by atoms with Crippen LogP contribution in [0.3, 0.4) is 0 Å². The van der Waals surface area contributed by atoms with Gasteiger partial charge >= 0.3 is 11.0 Å². The molecule has 14 heteroatoms. The first-order chi connectivity index (χ1) is 24.0. The average Bonchev–Trinajstić information content (AvgIpc) is 3.83. The number of carbonyl (C=O) groups excluding carboxylic acids is 3. The number of aromatic nitrogens is 1. The van der Waals surface area contributed by atoms with Crippen LogP contribution in [0.2, 0.25) is 0 Å². The highest BCUT2D eigenvalue weighted by Crippen LogP contribution is 2.68. The van der Waals surface area contributed by atoms with Gasteiger partial charge in [0.2, 0.25) is 11.8 Å². The maximum Gasteiger partial charge on any atom is 0.416 e. The zero-order valence-corrected chi connectivity index (χ0v) is 28.1. The van der Waals surface area contributed by atoms with Crippen LogP contribution >= 0.6 is 23.1 Å². The predicted octanol–water partition coefficient (Wildman–Crippen LogP) is 6.55. The minimum absolute atomic E-state index is 0.00230. The maximum atomic E-state index is 14.0. The standard InChI is InChI=1S/C36H30F3N3O6S2/c1-2-47-24-13-17(11-12-23(24)48-16-25(43)40-19-8-6-7-18(14-19)36(37,38)39)26-27-21-15-22(30(27)49-32-31(26)50-35(46)41-32)29-28(21)33(44)42(34(29)45)20-9-4-3-5-10-20/h3-14,21-22,26-30H,2,15-16H2,1H3,(H,40,43)(H,41,46)/t21-,22-,26-,27?,28?,29?,30?/m1/s1. The van der Waals surface area contributed by atoms with Crippen molar-refractivity contribution in [1.82, 2.24) is 4.98 Å². The quantitative estimate of drug-likeness (QED) is 0.198. The van der Waals surface area contributed by atoms with Crippen molar-refractivity contribution in [1.29, 1.82) is 0 Å². The van der Waals surface area contributed by atoms with Crippen molar-refractivity contribution in [2.24, 2.45) is 29.6 Å². The molecule has 2 aliphatic carbocycles. The molecule has 258 valence electrons. The van der Waals surface area contributed by atoms with Crippen LogP contribution in [-0.2, 0) is 20.6 Å². The number of rotatable bonds is 8. The molecule has 2 aliphatic heterocycles. The molecule has 3 aromatic carbocycles. The molecular weight excluding hydrogens is 692 g/mol. The molecule has 2 N–H and O–H groups in total. The average molecular weight is 722 g/mol. The van der Waals surface area contributed by atoms with Crippen molar-refractivity contribution < 1.29 is 37.0 Å². The summed E-state index contributed by atoms with van der Waals surface area (Å²) in [5, 5.41) is 3.21. The summed E-state index contributed by atoms with van der Waals surface area (Å²) in [6.45, 7) is 1.61. The van der Waals surface area contributed by atoms with Gasteiger partial charge in [0, 0.05) is 21.7 Å². The summed E-state index contributed by atoms with van der Waals surface area (Å²) in [7, 11) is 0. The summed E-state index contributed by atoms with van der Waals surface area (Å²) in [5.74, 6) is -1.61. The van der Waals surface area contributed by atoms with Gasteiger partial charge in [0.15, 0.2) is 18.1 Å². The number of nitrogens with one attached hydrogen (secondary N) is 2. The lowest BCUT2D eigenvalue weighted by Crippen LogP contribution is -2.42. The number of nitrogens with zero attached hydrogens (tertiary/aromatic N) is 1. The van der Waals surface area contributed by atoms with Crippen molar-refractivity contribution in [2.75, 3.05) is 23.4 Å². The lowest BCUT2D eigenvalue weighted by Gasteiger charge is -2.43. The third-order valence-electron chi connectivity index (χ3n) is 10.2. The van der Waals surface area contributed by atoms with Crippen molar-refractivity contribution in [3.8, 4) is 11.5 Å². The molecule has 9 nitrogen and oxygen atoms in total. The summed E-state index contributed by atoms with van der Waals surface area (Å²) in [6, 6.07) is 18.7. The number of hydrogen-bond acceptors (Lipinski definition) is 8. The van der Waals surface area contributed by atoms with Gasteiger partial charge in [-0.05, 0) is 79.1 Å². The van der Waals surface area contributed by atoms with Crippen LogP contribution in [-0.4, -0.2) is 41.2 Å². The third kappa shape index (κ3) is 5.39. The number of amides is 3. The zero-order valence-electron chi connectivity index (χ0n) is 26.4. The van der Waals surface area contributed by atoms with E-state index in [9.17, 15) is 32.3 Å². The van der Waals surface area contributed by atoms with Crippen LogP contribution < -0.4 is 24.6 Å². The Labute approximate surface area is 292 Å². The number of para-hydroxylation sites is 1. The fourth-order valence-electron chi connectivity index (χ4n) is 8.44. The molecule has 2 saturated carbocycles. The Morgan fingerprint density at radius 1 is 0.940 bits per heavy atom. The lowest BCUT2D eigenvalue weighted by molar-refractivity contribution is -0.137. The van der Waals surface area contributed by atoms with Crippen molar-refractivity contribution >= 4 is 52.2 Å². The van der Waals surface area contributed by atoms with E-state index in [1.165, 1.54) is 17.0 Å². The molecule has 3 heterocycles. The molecule has 4 aromatic rings. The minimum Gasteiger partial charge on any atom is -0.490 e. The number of hydrogen-bond donors (Lipinski definition) is 2. The van der Waals surface area contributed by atoms with E-state index in [1.54, 1.807) is 36.9 Å². The summed E-state index contributed by atoms with van der Waals surface area (Å²) in [6.07, 6.45) is -3.81. The SMILES string of the molecule is CCOc1cc([C@H]2c3sc(=O)[nH]c3SC3C2[C@H]2C[C@@H]3C3C(=O)N(c4ccccc4)C(=O)C32)ccc1OCC(=O)Nc1cccc(C(F)(F)F)c1. The van der Waals surface area contributed by atoms with Gasteiger partial charge in [0.05, 0.1) is 34.7 Å². The van der Waals surface area contributed by atoms with E-state index in [-0.39, 0.29) is 63.7 Å². The number of thioether (sulfide) groups is 1. The highest BCUT2D eigenvalue weighted by atomic mass is 32.2. The molecule has 0 radical (unpaired) electrons. The number of halogens is 3. The highest BCUT2D eigenvalue weighted by molar-refractivity contribution is 8.00. The van der Waals surface area contributed by atoms with E-state index in [4.69, 9.17) is 9.47 Å². The number of carbonyl (C=O) groups is 3. The van der Waals surface area contributed by atoms with E-state index >= 15 is 0 Å². The second-order valence-electron chi connectivity index (χ2n) is 12.9. The minimum atomic E-state index is -4.55. The molecule has 2 bridgehead atoms. The van der Waals surface area contributed by atoms with E-state index in [2.05, 4.69) is 10.3 Å². The summed E-state index contributed by atoms with van der Waals surface area (Å²) < 4.78 is 51.1. The largest absolute Gasteiger partial charge is 0.490 e. The molecule has 0 spiro atoms. The third-order valence-corrected chi connectivity index (χ3v) is 12.8. The van der Waals surface area contributed by atoms with Gasteiger partial charge in [-0.2, -0.15) is 13.2 Å².